The van der Waals surface area contributed by atoms with E-state index in [1.54, 1.807) is 24.1 Å². The van der Waals surface area contributed by atoms with E-state index in [0.717, 1.165) is 22.9 Å². The third-order valence-corrected chi connectivity index (χ3v) is 2.55. The summed E-state index contributed by atoms with van der Waals surface area (Å²) in [6.07, 6.45) is 4.45. The Balaban J connectivity index is 2.27. The molecule has 0 bridgehead atoms. The molecular weight excluding hydrogens is 217 g/mol. The molecule has 2 N–H and O–H groups in total. The summed E-state index contributed by atoms with van der Waals surface area (Å²) in [6.45, 7) is 0. The summed E-state index contributed by atoms with van der Waals surface area (Å²) in [7, 11) is 1.79. The average Bonchev–Trinajstić information content (AvgIpc) is 2.58. The van der Waals surface area contributed by atoms with Crippen molar-refractivity contribution in [2.75, 3.05) is 5.73 Å². The van der Waals surface area contributed by atoms with Crippen LogP contribution in [0.15, 0.2) is 28.5 Å². The molecule has 0 aliphatic carbocycles. The van der Waals surface area contributed by atoms with Gasteiger partial charge in [0.25, 0.3) is 0 Å². The van der Waals surface area contributed by atoms with E-state index in [1.807, 2.05) is 0 Å². The van der Waals surface area contributed by atoms with Gasteiger partial charge in [0.1, 0.15) is 5.03 Å². The first-order valence-corrected chi connectivity index (χ1v) is 4.91. The summed E-state index contributed by atoms with van der Waals surface area (Å²) in [5.41, 5.74) is 5.36. The molecule has 78 valence electrons. The highest BCUT2D eigenvalue weighted by Gasteiger charge is 2.08. The molecule has 0 aliphatic heterocycles. The van der Waals surface area contributed by atoms with E-state index in [0.29, 0.717) is 0 Å². The normalized spacial score (nSPS) is 10.5. The molecule has 0 saturated heterocycles. The molecule has 15 heavy (non-hydrogen) atoms. The molecule has 5 nitrogen and oxygen atoms in total. The molecule has 0 spiro atoms. The van der Waals surface area contributed by atoms with Gasteiger partial charge in [-0.2, -0.15) is 5.10 Å². The molecule has 2 heterocycles. The van der Waals surface area contributed by atoms with Crippen molar-refractivity contribution >= 4 is 17.7 Å². The second-order valence-corrected chi connectivity index (χ2v) is 3.90. The molecule has 0 atom stereocenters. The first kappa shape index (κ1) is 9.91. The third kappa shape index (κ3) is 2.24. The van der Waals surface area contributed by atoms with Crippen LogP contribution >= 0.6 is 11.8 Å². The predicted octanol–water partition coefficient (Wildman–Crippen LogP) is 1.08. The zero-order chi connectivity index (χ0) is 10.8. The van der Waals surface area contributed by atoms with Gasteiger partial charge in [0.15, 0.2) is 5.82 Å². The van der Waals surface area contributed by atoms with E-state index in [2.05, 4.69) is 15.1 Å². The van der Waals surface area contributed by atoms with Crippen molar-refractivity contribution in [1.82, 2.24) is 19.7 Å². The predicted molar refractivity (Wildman–Crippen MR) is 53.7 cm³/mol. The Kier molecular flexibility index (Phi) is 2.55. The topological polar surface area (TPSA) is 69.6 Å². The number of aromatic nitrogens is 4. The van der Waals surface area contributed by atoms with Gasteiger partial charge < -0.3 is 5.73 Å². The minimum absolute atomic E-state index is 0.0581. The Hall–Kier alpha value is -1.63. The fourth-order valence-corrected chi connectivity index (χ4v) is 1.82. The fourth-order valence-electron chi connectivity index (χ4n) is 0.999. The summed E-state index contributed by atoms with van der Waals surface area (Å²) >= 11 is 1.16. The lowest BCUT2D eigenvalue weighted by Crippen LogP contribution is -1.97. The molecule has 0 fully saturated rings. The minimum atomic E-state index is -0.488. The van der Waals surface area contributed by atoms with E-state index in [4.69, 9.17) is 5.73 Å². The van der Waals surface area contributed by atoms with Crippen molar-refractivity contribution in [1.29, 1.82) is 0 Å². The zero-order valence-corrected chi connectivity index (χ0v) is 8.70. The highest BCUT2D eigenvalue weighted by atomic mass is 32.2. The number of nitrogens with zero attached hydrogens (tertiary/aromatic N) is 4. The van der Waals surface area contributed by atoms with Crippen molar-refractivity contribution in [2.45, 2.75) is 9.92 Å². The Morgan fingerprint density at radius 3 is 2.93 bits per heavy atom. The number of nitrogen functional groups attached to an aromatic ring is 1. The van der Waals surface area contributed by atoms with Gasteiger partial charge in [0, 0.05) is 13.2 Å². The lowest BCUT2D eigenvalue weighted by molar-refractivity contribution is 0.580. The van der Waals surface area contributed by atoms with E-state index in [9.17, 15) is 4.39 Å². The monoisotopic (exact) mass is 225 g/mol. The third-order valence-electron chi connectivity index (χ3n) is 1.63. The molecule has 0 amide bonds. The van der Waals surface area contributed by atoms with E-state index in [-0.39, 0.29) is 11.0 Å². The molecule has 0 saturated carbocycles. The number of halogens is 1. The lowest BCUT2D eigenvalue weighted by Gasteiger charge is -1.99. The number of aryl methyl sites for hydroxylation is 1. The molecule has 0 radical (unpaired) electrons. The molecule has 0 unspecified atom stereocenters. The van der Waals surface area contributed by atoms with Gasteiger partial charge in [-0.1, -0.05) is 11.8 Å². The van der Waals surface area contributed by atoms with Gasteiger partial charge in [0.2, 0.25) is 5.95 Å². The number of rotatable bonds is 2. The summed E-state index contributed by atoms with van der Waals surface area (Å²) < 4.78 is 14.9. The van der Waals surface area contributed by atoms with Gasteiger partial charge in [-0.3, -0.25) is 4.68 Å². The van der Waals surface area contributed by atoms with Crippen LogP contribution in [0.1, 0.15) is 0 Å². The van der Waals surface area contributed by atoms with E-state index >= 15 is 0 Å². The Morgan fingerprint density at radius 2 is 2.27 bits per heavy atom. The summed E-state index contributed by atoms with van der Waals surface area (Å²) in [5.74, 6) is -0.430. The van der Waals surface area contributed by atoms with Crippen LogP contribution in [0.2, 0.25) is 0 Å². The Labute approximate surface area is 89.5 Å². The number of anilines is 1. The molecule has 7 heteroatoms. The number of hydrogen-bond donors (Lipinski definition) is 1. The first-order valence-electron chi connectivity index (χ1n) is 4.09. The SMILES string of the molecule is Cn1cc(Sc2nc(N)ncc2F)cn1. The van der Waals surface area contributed by atoms with Crippen molar-refractivity contribution in [2.24, 2.45) is 7.05 Å². The van der Waals surface area contributed by atoms with Crippen LogP contribution in [0.4, 0.5) is 10.3 Å². The summed E-state index contributed by atoms with van der Waals surface area (Å²) in [4.78, 5) is 8.14. The van der Waals surface area contributed by atoms with E-state index in [1.165, 1.54) is 0 Å². The molecule has 0 aliphatic rings. The molecule has 2 aromatic rings. The standard InChI is InChI=1S/C8H8FN5S/c1-14-4-5(2-12-14)15-7-6(9)3-11-8(10)13-7/h2-4H,1H3,(H2,10,11,13). The highest BCUT2D eigenvalue weighted by Crippen LogP contribution is 2.27. The Morgan fingerprint density at radius 1 is 1.47 bits per heavy atom. The molecule has 2 rings (SSSR count). The van der Waals surface area contributed by atoms with Crippen LogP contribution in [0, 0.1) is 5.82 Å². The molecule has 2 aromatic heterocycles. The molecule has 0 aromatic carbocycles. The smallest absolute Gasteiger partial charge is 0.221 e. The number of nitrogens with two attached hydrogens (primary N) is 1. The van der Waals surface area contributed by atoms with Crippen molar-refractivity contribution in [3.05, 3.63) is 24.4 Å². The molecular formula is C8H8FN5S. The van der Waals surface area contributed by atoms with E-state index < -0.39 is 5.82 Å². The van der Waals surface area contributed by atoms with Crippen LogP contribution in [0.5, 0.6) is 0 Å². The second-order valence-electron chi connectivity index (χ2n) is 2.83. The van der Waals surface area contributed by atoms with Crippen LogP contribution in [0.3, 0.4) is 0 Å². The van der Waals surface area contributed by atoms with Gasteiger partial charge >= 0.3 is 0 Å². The fraction of sp³-hybridized carbons (Fsp3) is 0.125. The average molecular weight is 225 g/mol. The summed E-state index contributed by atoms with van der Waals surface area (Å²) in [5, 5.41) is 4.17. The maximum absolute atomic E-state index is 13.2. The first-order chi connectivity index (χ1) is 7.15. The highest BCUT2D eigenvalue weighted by molar-refractivity contribution is 7.99. The van der Waals surface area contributed by atoms with Gasteiger partial charge in [0.05, 0.1) is 17.3 Å². The Bertz CT molecular complexity index is 484. The lowest BCUT2D eigenvalue weighted by atomic mass is 10.6. The maximum Gasteiger partial charge on any atom is 0.221 e. The largest absolute Gasteiger partial charge is 0.368 e. The number of hydrogen-bond acceptors (Lipinski definition) is 5. The maximum atomic E-state index is 13.2. The summed E-state index contributed by atoms with van der Waals surface area (Å²) in [6, 6.07) is 0. The van der Waals surface area contributed by atoms with Gasteiger partial charge in [-0.05, 0) is 0 Å². The van der Waals surface area contributed by atoms with Crippen LogP contribution in [0.25, 0.3) is 0 Å². The van der Waals surface area contributed by atoms with Crippen molar-refractivity contribution < 1.29 is 4.39 Å². The zero-order valence-electron chi connectivity index (χ0n) is 7.88. The quantitative estimate of drug-likeness (QED) is 0.774. The van der Waals surface area contributed by atoms with Crippen molar-refractivity contribution in [3.8, 4) is 0 Å². The van der Waals surface area contributed by atoms with Crippen molar-refractivity contribution in [3.63, 3.8) is 0 Å². The van der Waals surface area contributed by atoms with Crippen LogP contribution < -0.4 is 5.73 Å². The van der Waals surface area contributed by atoms with Gasteiger partial charge in [-0.15, -0.1) is 0 Å². The van der Waals surface area contributed by atoms with Gasteiger partial charge in [-0.25, -0.2) is 14.4 Å². The van der Waals surface area contributed by atoms with Crippen LogP contribution in [-0.2, 0) is 7.05 Å². The minimum Gasteiger partial charge on any atom is -0.368 e. The second kappa shape index (κ2) is 3.85. The van der Waals surface area contributed by atoms with Crippen LogP contribution in [-0.4, -0.2) is 19.7 Å².